The molecule has 1 heterocycles. The molecule has 0 bridgehead atoms. The summed E-state index contributed by atoms with van der Waals surface area (Å²) in [7, 11) is -2.71. The predicted octanol–water partition coefficient (Wildman–Crippen LogP) is 2.75. The van der Waals surface area contributed by atoms with E-state index in [1.807, 2.05) is 6.92 Å². The minimum absolute atomic E-state index is 0.0785. The Hall–Kier alpha value is -2.45. The molecule has 0 aliphatic rings. The van der Waals surface area contributed by atoms with Gasteiger partial charge in [0.2, 0.25) is 21.1 Å². The normalized spacial score (nSPS) is 12.3. The molecule has 11 nitrogen and oxygen atoms in total. The molecule has 2 aromatic rings. The van der Waals surface area contributed by atoms with E-state index in [-0.39, 0.29) is 28.7 Å². The third-order valence-electron chi connectivity index (χ3n) is 3.84. The molecule has 14 heteroatoms. The van der Waals surface area contributed by atoms with Gasteiger partial charge in [0.15, 0.2) is 4.34 Å². The fraction of sp³-hybridized carbons (Fsp3) is 0.438. The first-order valence-electron chi connectivity index (χ1n) is 8.71. The zero-order chi connectivity index (χ0) is 22.5. The summed E-state index contributed by atoms with van der Waals surface area (Å²) in [5, 5.41) is 21.8. The Morgan fingerprint density at radius 3 is 2.63 bits per heavy atom. The number of carbonyl (C=O) groups is 1. The van der Waals surface area contributed by atoms with E-state index in [9.17, 15) is 23.3 Å². The van der Waals surface area contributed by atoms with Gasteiger partial charge in [-0.05, 0) is 18.2 Å². The summed E-state index contributed by atoms with van der Waals surface area (Å²) < 4.78 is 31.9. The number of amides is 1. The molecular weight excluding hydrogens is 454 g/mol. The van der Waals surface area contributed by atoms with Crippen LogP contribution in [0.3, 0.4) is 0 Å². The van der Waals surface area contributed by atoms with Crippen molar-refractivity contribution < 1.29 is 22.9 Å². The molecule has 1 aromatic carbocycles. The monoisotopic (exact) mass is 475 g/mol. The van der Waals surface area contributed by atoms with E-state index in [0.717, 1.165) is 22.4 Å². The molecule has 2 rings (SSSR count). The smallest absolute Gasteiger partial charge is 0.271 e. The second-order valence-electron chi connectivity index (χ2n) is 5.89. The van der Waals surface area contributed by atoms with Gasteiger partial charge < -0.3 is 4.74 Å². The third kappa shape index (κ3) is 5.58. The molecule has 30 heavy (non-hydrogen) atoms. The summed E-state index contributed by atoms with van der Waals surface area (Å²) >= 11 is 2.63. The quantitative estimate of drug-likeness (QED) is 0.237. The van der Waals surface area contributed by atoms with E-state index in [4.69, 9.17) is 4.74 Å². The zero-order valence-electron chi connectivity index (χ0n) is 16.7. The number of methoxy groups -OCH3 is 1. The van der Waals surface area contributed by atoms with E-state index < -0.39 is 26.9 Å². The highest BCUT2D eigenvalue weighted by Gasteiger charge is 2.35. The zero-order valence-corrected chi connectivity index (χ0v) is 19.1. The largest absolute Gasteiger partial charge is 0.495 e. The predicted molar refractivity (Wildman–Crippen MR) is 116 cm³/mol. The molecule has 0 radical (unpaired) electrons. The Kier molecular flexibility index (Phi) is 7.97. The van der Waals surface area contributed by atoms with Crippen molar-refractivity contribution in [3.05, 3.63) is 28.3 Å². The van der Waals surface area contributed by atoms with Crippen LogP contribution in [-0.4, -0.2) is 54.6 Å². The lowest BCUT2D eigenvalue weighted by Gasteiger charge is -2.30. The van der Waals surface area contributed by atoms with E-state index in [1.54, 1.807) is 6.92 Å². The summed E-state index contributed by atoms with van der Waals surface area (Å²) in [5.74, 6) is 0.227. The van der Waals surface area contributed by atoms with Gasteiger partial charge in [0.25, 0.3) is 5.69 Å². The van der Waals surface area contributed by atoms with Gasteiger partial charge >= 0.3 is 0 Å². The van der Waals surface area contributed by atoms with Crippen LogP contribution in [0.5, 0.6) is 5.75 Å². The molecule has 1 N–H and O–H groups in total. The SMILES string of the molecule is CCSc1nnc(NC(=O)[C@H](CC)N(c2cc([N+](=O)[O-])ccc2OC)S(C)(=O)=O)s1. The van der Waals surface area contributed by atoms with Gasteiger partial charge in [-0.15, -0.1) is 10.2 Å². The van der Waals surface area contributed by atoms with Crippen LogP contribution in [-0.2, 0) is 14.8 Å². The van der Waals surface area contributed by atoms with E-state index in [0.29, 0.717) is 4.34 Å². The molecule has 1 amide bonds. The second kappa shape index (κ2) is 10.0. The van der Waals surface area contributed by atoms with Crippen molar-refractivity contribution in [2.45, 2.75) is 30.6 Å². The summed E-state index contributed by atoms with van der Waals surface area (Å²) in [5.41, 5.74) is -0.434. The molecular formula is C16H21N5O6S3. The fourth-order valence-electron chi connectivity index (χ4n) is 2.63. The van der Waals surface area contributed by atoms with Crippen molar-refractivity contribution in [1.82, 2.24) is 10.2 Å². The topological polar surface area (TPSA) is 145 Å². The van der Waals surface area contributed by atoms with Gasteiger partial charge in [0.05, 0.1) is 18.3 Å². The first-order chi connectivity index (χ1) is 14.1. The molecule has 0 fully saturated rings. The molecule has 1 atom stereocenters. The summed E-state index contributed by atoms with van der Waals surface area (Å²) in [6.07, 6.45) is 1.02. The van der Waals surface area contributed by atoms with Crippen molar-refractivity contribution in [2.75, 3.05) is 28.7 Å². The maximum atomic E-state index is 12.9. The van der Waals surface area contributed by atoms with Crippen LogP contribution in [0.1, 0.15) is 20.3 Å². The Balaban J connectivity index is 2.47. The molecule has 0 saturated carbocycles. The van der Waals surface area contributed by atoms with Crippen LogP contribution in [0, 0.1) is 10.1 Å². The Morgan fingerprint density at radius 2 is 2.10 bits per heavy atom. The first kappa shape index (κ1) is 23.8. The summed E-state index contributed by atoms with van der Waals surface area (Å²) in [4.78, 5) is 23.5. The average molecular weight is 476 g/mol. The maximum absolute atomic E-state index is 12.9. The third-order valence-corrected chi connectivity index (χ3v) is 6.86. The van der Waals surface area contributed by atoms with Gasteiger partial charge in [-0.3, -0.25) is 24.5 Å². The Labute approximate surface area is 182 Å². The number of rotatable bonds is 10. The minimum atomic E-state index is -4.01. The van der Waals surface area contributed by atoms with Gasteiger partial charge in [0.1, 0.15) is 17.5 Å². The number of nitrogens with zero attached hydrogens (tertiary/aromatic N) is 4. The van der Waals surface area contributed by atoms with E-state index >= 15 is 0 Å². The molecule has 0 spiro atoms. The highest BCUT2D eigenvalue weighted by Crippen LogP contribution is 2.36. The van der Waals surface area contributed by atoms with Crippen LogP contribution in [0.15, 0.2) is 22.5 Å². The first-order valence-corrected chi connectivity index (χ1v) is 12.4. The molecule has 0 aliphatic heterocycles. The number of ether oxygens (including phenoxy) is 1. The standard InChI is InChI=1S/C16H21N5O6S3/c1-5-11(14(22)17-15-18-19-16(29-15)28-6-2)20(30(4,25)26)12-9-10(21(23)24)7-8-13(12)27-3/h7-9,11H,5-6H2,1-4H3,(H,17,18,22)/t11-/m0/s1. The number of non-ortho nitro benzene ring substituents is 1. The van der Waals surface area contributed by atoms with Crippen LogP contribution in [0.4, 0.5) is 16.5 Å². The summed E-state index contributed by atoms with van der Waals surface area (Å²) in [6.45, 7) is 3.58. The number of nitrogens with one attached hydrogen (secondary N) is 1. The number of hydrogen-bond acceptors (Lipinski definition) is 10. The number of aromatic nitrogens is 2. The second-order valence-corrected chi connectivity index (χ2v) is 10.2. The average Bonchev–Trinajstić information content (AvgIpc) is 3.11. The number of carbonyl (C=O) groups excluding carboxylic acids is 1. The molecule has 0 aliphatic carbocycles. The van der Waals surface area contributed by atoms with Gasteiger partial charge in [0, 0.05) is 12.1 Å². The highest BCUT2D eigenvalue weighted by atomic mass is 32.2. The van der Waals surface area contributed by atoms with Crippen LogP contribution >= 0.6 is 23.1 Å². The number of nitro benzene ring substituents is 1. The number of anilines is 2. The van der Waals surface area contributed by atoms with Crippen molar-refractivity contribution in [1.29, 1.82) is 0 Å². The lowest BCUT2D eigenvalue weighted by molar-refractivity contribution is -0.384. The number of hydrogen-bond donors (Lipinski definition) is 1. The maximum Gasteiger partial charge on any atom is 0.271 e. The lowest BCUT2D eigenvalue weighted by Crippen LogP contribution is -2.47. The van der Waals surface area contributed by atoms with Crippen LogP contribution in [0.25, 0.3) is 0 Å². The highest BCUT2D eigenvalue weighted by molar-refractivity contribution is 8.01. The number of nitro groups is 1. The lowest BCUT2D eigenvalue weighted by atomic mass is 10.1. The molecule has 164 valence electrons. The number of benzene rings is 1. The minimum Gasteiger partial charge on any atom is -0.495 e. The van der Waals surface area contributed by atoms with Crippen molar-refractivity contribution in [2.24, 2.45) is 0 Å². The van der Waals surface area contributed by atoms with Gasteiger partial charge in [-0.25, -0.2) is 8.42 Å². The van der Waals surface area contributed by atoms with Crippen molar-refractivity contribution >= 4 is 55.5 Å². The van der Waals surface area contributed by atoms with Gasteiger partial charge in [-0.1, -0.05) is 36.9 Å². The fourth-order valence-corrected chi connectivity index (χ4v) is 5.49. The van der Waals surface area contributed by atoms with Crippen LogP contribution in [0.2, 0.25) is 0 Å². The Morgan fingerprint density at radius 1 is 1.40 bits per heavy atom. The van der Waals surface area contributed by atoms with Crippen LogP contribution < -0.4 is 14.4 Å². The van der Waals surface area contributed by atoms with Gasteiger partial charge in [-0.2, -0.15) is 0 Å². The molecule has 0 unspecified atom stereocenters. The van der Waals surface area contributed by atoms with E-state index in [1.165, 1.54) is 42.3 Å². The van der Waals surface area contributed by atoms with Crippen molar-refractivity contribution in [3.63, 3.8) is 0 Å². The summed E-state index contributed by atoms with van der Waals surface area (Å²) in [6, 6.07) is 2.35. The number of sulfonamides is 1. The number of thioether (sulfide) groups is 1. The molecule has 0 saturated heterocycles. The van der Waals surface area contributed by atoms with Crippen molar-refractivity contribution in [3.8, 4) is 5.75 Å². The Bertz CT molecular complexity index is 1030. The molecule has 1 aromatic heterocycles. The van der Waals surface area contributed by atoms with E-state index in [2.05, 4.69) is 15.5 Å².